The minimum Gasteiger partial charge on any atom is -0.481 e. The molecular weight excluding hydrogens is 468 g/mol. The van der Waals surface area contributed by atoms with Crippen LogP contribution in [0.5, 0.6) is 0 Å². The Balaban J connectivity index is 3.10. The molecule has 1 aromatic heterocycles. The number of rotatable bonds is 15. The zero-order valence-electron chi connectivity index (χ0n) is 19.0. The van der Waals surface area contributed by atoms with Crippen molar-refractivity contribution in [1.29, 1.82) is 0 Å². The number of hydrogen-bond acceptors (Lipinski definition) is 8. The summed E-state index contributed by atoms with van der Waals surface area (Å²) in [5, 5.41) is 25.8. The molecule has 0 aliphatic rings. The number of carboxylic acid groups (broad SMARTS) is 2. The largest absolute Gasteiger partial charge is 0.481 e. The van der Waals surface area contributed by atoms with Gasteiger partial charge in [-0.25, -0.2) is 9.78 Å². The maximum atomic E-state index is 13.0. The van der Waals surface area contributed by atoms with Gasteiger partial charge >= 0.3 is 11.9 Å². The number of thiol groups is 1. The Bertz CT molecular complexity index is 850. The highest BCUT2D eigenvalue weighted by Crippen LogP contribution is 2.10. The first-order chi connectivity index (χ1) is 16.0. The van der Waals surface area contributed by atoms with E-state index in [1.54, 1.807) is 13.8 Å². The van der Waals surface area contributed by atoms with Gasteiger partial charge in [0.2, 0.25) is 17.7 Å². The van der Waals surface area contributed by atoms with Gasteiger partial charge in [0.15, 0.2) is 0 Å². The third-order valence-electron chi connectivity index (χ3n) is 5.20. The van der Waals surface area contributed by atoms with Crippen molar-refractivity contribution in [3.63, 3.8) is 0 Å². The van der Waals surface area contributed by atoms with Crippen molar-refractivity contribution >= 4 is 42.3 Å². The SMILES string of the molecule is CCC(C)C(NC(=O)C(Cc1cnc[nH]1)NC(=O)C(CCC(=O)O)NC(=O)C(N)CS)C(=O)O. The molecule has 34 heavy (non-hydrogen) atoms. The molecule has 8 N–H and O–H groups in total. The summed E-state index contributed by atoms with van der Waals surface area (Å²) in [6.07, 6.45) is 2.56. The monoisotopic (exact) mass is 500 g/mol. The molecule has 5 unspecified atom stereocenters. The fourth-order valence-corrected chi connectivity index (χ4v) is 3.10. The number of nitrogens with one attached hydrogen (secondary N) is 4. The van der Waals surface area contributed by atoms with Gasteiger partial charge in [0.05, 0.1) is 12.4 Å². The van der Waals surface area contributed by atoms with Crippen LogP contribution >= 0.6 is 12.6 Å². The van der Waals surface area contributed by atoms with E-state index in [4.69, 9.17) is 10.8 Å². The zero-order valence-corrected chi connectivity index (χ0v) is 19.9. The fourth-order valence-electron chi connectivity index (χ4n) is 2.93. The van der Waals surface area contributed by atoms with Gasteiger partial charge in [0, 0.05) is 30.5 Å². The lowest BCUT2D eigenvalue weighted by Gasteiger charge is -2.26. The predicted octanol–water partition coefficient (Wildman–Crippen LogP) is -1.34. The molecule has 1 rings (SSSR count). The molecule has 0 bridgehead atoms. The molecule has 1 heterocycles. The van der Waals surface area contributed by atoms with Crippen LogP contribution in [0.1, 0.15) is 38.8 Å². The molecule has 0 saturated heterocycles. The van der Waals surface area contributed by atoms with Crippen LogP contribution < -0.4 is 21.7 Å². The number of imidazole rings is 1. The number of carboxylic acids is 2. The predicted molar refractivity (Wildman–Crippen MR) is 124 cm³/mol. The molecular formula is C20H32N6O7S. The molecule has 0 fully saturated rings. The molecule has 0 radical (unpaired) electrons. The van der Waals surface area contributed by atoms with Crippen molar-refractivity contribution in [1.82, 2.24) is 25.9 Å². The number of aliphatic carboxylic acids is 2. The van der Waals surface area contributed by atoms with Crippen LogP contribution in [0.4, 0.5) is 0 Å². The lowest BCUT2D eigenvalue weighted by molar-refractivity contribution is -0.143. The van der Waals surface area contributed by atoms with Crippen LogP contribution in [0.2, 0.25) is 0 Å². The van der Waals surface area contributed by atoms with Gasteiger partial charge < -0.3 is 36.9 Å². The molecule has 0 aliphatic heterocycles. The van der Waals surface area contributed by atoms with Crippen LogP contribution in [0.3, 0.4) is 0 Å². The van der Waals surface area contributed by atoms with Crippen molar-refractivity contribution in [2.24, 2.45) is 11.7 Å². The van der Waals surface area contributed by atoms with Crippen LogP contribution in [0, 0.1) is 5.92 Å². The second-order valence-corrected chi connectivity index (χ2v) is 8.20. The van der Waals surface area contributed by atoms with E-state index in [0.717, 1.165) is 0 Å². The number of aromatic amines is 1. The highest BCUT2D eigenvalue weighted by Gasteiger charge is 2.32. The third-order valence-corrected chi connectivity index (χ3v) is 5.60. The van der Waals surface area contributed by atoms with Gasteiger partial charge in [0.25, 0.3) is 0 Å². The smallest absolute Gasteiger partial charge is 0.326 e. The minimum atomic E-state index is -1.29. The molecule has 13 nitrogen and oxygen atoms in total. The summed E-state index contributed by atoms with van der Waals surface area (Å²) in [4.78, 5) is 67.4. The summed E-state index contributed by atoms with van der Waals surface area (Å²) in [7, 11) is 0. The Morgan fingerprint density at radius 3 is 2.21 bits per heavy atom. The standard InChI is InChI=1S/C20H32N6O7S/c1-3-10(2)16(20(32)33)26-19(31)14(6-11-7-22-9-23-11)25-18(30)13(4-5-15(27)28)24-17(29)12(21)8-34/h7,9-10,12-14,16,34H,3-6,8,21H2,1-2H3,(H,22,23)(H,24,29)(H,25,30)(H,26,31)(H,27,28)(H,32,33). The summed E-state index contributed by atoms with van der Waals surface area (Å²) in [6, 6.07) is -4.74. The van der Waals surface area contributed by atoms with Gasteiger partial charge in [0.1, 0.15) is 18.1 Å². The number of nitrogens with zero attached hydrogens (tertiary/aromatic N) is 1. The van der Waals surface area contributed by atoms with Crippen molar-refractivity contribution < 1.29 is 34.2 Å². The highest BCUT2D eigenvalue weighted by atomic mass is 32.1. The van der Waals surface area contributed by atoms with E-state index in [1.165, 1.54) is 12.5 Å². The normalized spacial score (nSPS) is 15.3. The van der Waals surface area contributed by atoms with Crippen LogP contribution in [0.15, 0.2) is 12.5 Å². The van der Waals surface area contributed by atoms with E-state index < -0.39 is 60.2 Å². The second kappa shape index (κ2) is 14.2. The zero-order chi connectivity index (χ0) is 25.8. The van der Waals surface area contributed by atoms with Crippen molar-refractivity contribution in [2.75, 3.05) is 5.75 Å². The number of carbonyl (C=O) groups is 5. The lowest BCUT2D eigenvalue weighted by atomic mass is 9.98. The van der Waals surface area contributed by atoms with E-state index in [1.807, 2.05) is 0 Å². The third kappa shape index (κ3) is 9.39. The van der Waals surface area contributed by atoms with Gasteiger partial charge in [-0.2, -0.15) is 12.6 Å². The lowest BCUT2D eigenvalue weighted by Crippen LogP contribution is -2.58. The van der Waals surface area contributed by atoms with Gasteiger partial charge in [-0.05, 0) is 12.3 Å². The molecule has 0 aliphatic carbocycles. The Morgan fingerprint density at radius 1 is 1.09 bits per heavy atom. The Kier molecular flexibility index (Phi) is 12.1. The summed E-state index contributed by atoms with van der Waals surface area (Å²) >= 11 is 3.93. The van der Waals surface area contributed by atoms with Crippen LogP contribution in [-0.2, 0) is 30.4 Å². The van der Waals surface area contributed by atoms with E-state index in [-0.39, 0.29) is 24.5 Å². The minimum absolute atomic E-state index is 0.00382. The first-order valence-corrected chi connectivity index (χ1v) is 11.3. The fraction of sp³-hybridized carbons (Fsp3) is 0.600. The van der Waals surface area contributed by atoms with Gasteiger partial charge in [-0.15, -0.1) is 0 Å². The number of hydrogen-bond donors (Lipinski definition) is 8. The van der Waals surface area contributed by atoms with Gasteiger partial charge in [-0.3, -0.25) is 19.2 Å². The molecule has 0 saturated carbocycles. The Hall–Kier alpha value is -3.13. The van der Waals surface area contributed by atoms with E-state index in [2.05, 4.69) is 38.5 Å². The molecule has 3 amide bonds. The molecule has 1 aromatic rings. The first kappa shape index (κ1) is 28.9. The van der Waals surface area contributed by atoms with Crippen LogP contribution in [-0.4, -0.2) is 79.8 Å². The average molecular weight is 501 g/mol. The highest BCUT2D eigenvalue weighted by molar-refractivity contribution is 7.80. The number of amides is 3. The van der Waals surface area contributed by atoms with Crippen molar-refractivity contribution in [3.05, 3.63) is 18.2 Å². The Labute approximate surface area is 202 Å². The van der Waals surface area contributed by atoms with E-state index in [9.17, 15) is 29.1 Å². The maximum Gasteiger partial charge on any atom is 0.326 e. The van der Waals surface area contributed by atoms with Crippen molar-refractivity contribution in [2.45, 2.75) is 63.7 Å². The number of carbonyl (C=O) groups excluding carboxylic acids is 3. The molecule has 5 atom stereocenters. The van der Waals surface area contributed by atoms with E-state index in [0.29, 0.717) is 12.1 Å². The molecule has 0 aromatic carbocycles. The Morgan fingerprint density at radius 2 is 1.71 bits per heavy atom. The second-order valence-electron chi connectivity index (χ2n) is 7.83. The molecule has 190 valence electrons. The van der Waals surface area contributed by atoms with Crippen LogP contribution in [0.25, 0.3) is 0 Å². The summed E-state index contributed by atoms with van der Waals surface area (Å²) in [5.41, 5.74) is 6.10. The molecule has 14 heteroatoms. The van der Waals surface area contributed by atoms with E-state index >= 15 is 0 Å². The van der Waals surface area contributed by atoms with Gasteiger partial charge in [-0.1, -0.05) is 20.3 Å². The van der Waals surface area contributed by atoms with Crippen molar-refractivity contribution in [3.8, 4) is 0 Å². The average Bonchev–Trinajstić information content (AvgIpc) is 3.30. The summed E-state index contributed by atoms with van der Waals surface area (Å²) < 4.78 is 0. The maximum absolute atomic E-state index is 13.0. The summed E-state index contributed by atoms with van der Waals surface area (Å²) in [5.74, 6) is -5.08. The molecule has 0 spiro atoms. The number of aromatic nitrogens is 2. The number of H-pyrrole nitrogens is 1. The first-order valence-electron chi connectivity index (χ1n) is 10.7. The number of nitrogens with two attached hydrogens (primary N) is 1. The quantitative estimate of drug-likeness (QED) is 0.133. The summed E-state index contributed by atoms with van der Waals surface area (Å²) in [6.45, 7) is 3.45. The topological polar surface area (TPSA) is 217 Å².